The predicted molar refractivity (Wildman–Crippen MR) is 113 cm³/mol. The fraction of sp³-hybridized carbons (Fsp3) is 0.381. The molecule has 3 heterocycles. The monoisotopic (exact) mass is 394 g/mol. The van der Waals surface area contributed by atoms with Gasteiger partial charge in [0.15, 0.2) is 5.82 Å². The Bertz CT molecular complexity index is 900. The minimum Gasteiger partial charge on any atom is -0.507 e. The van der Waals surface area contributed by atoms with Crippen molar-refractivity contribution in [3.8, 4) is 17.0 Å². The highest BCUT2D eigenvalue weighted by Gasteiger charge is 2.40. The molecule has 4 rings (SSSR count). The van der Waals surface area contributed by atoms with Gasteiger partial charge in [0.2, 0.25) is 0 Å². The molecule has 2 atom stereocenters. The molecule has 1 aromatic carbocycles. The van der Waals surface area contributed by atoms with E-state index < -0.39 is 0 Å². The van der Waals surface area contributed by atoms with Crippen LogP contribution in [0.1, 0.15) is 5.56 Å². The summed E-state index contributed by atoms with van der Waals surface area (Å²) in [5.74, 6) is 2.15. The minimum atomic E-state index is 0.0745. The molecule has 1 aromatic heterocycles. The van der Waals surface area contributed by atoms with E-state index in [2.05, 4.69) is 20.0 Å². The van der Waals surface area contributed by atoms with Crippen molar-refractivity contribution < 1.29 is 10.2 Å². The van der Waals surface area contributed by atoms with Gasteiger partial charge in [-0.1, -0.05) is 6.07 Å². The molecule has 0 saturated carbocycles. The molecule has 2 aromatic rings. The fourth-order valence-electron chi connectivity index (χ4n) is 4.39. The molecule has 0 aliphatic carbocycles. The molecule has 2 aliphatic heterocycles. The average molecular weight is 394 g/mol. The van der Waals surface area contributed by atoms with E-state index in [-0.39, 0.29) is 12.4 Å². The van der Waals surface area contributed by atoms with Crippen molar-refractivity contribution in [2.75, 3.05) is 44.2 Å². The van der Waals surface area contributed by atoms with Gasteiger partial charge in [-0.15, -0.1) is 10.2 Å². The van der Waals surface area contributed by atoms with Crippen molar-refractivity contribution in [3.63, 3.8) is 0 Å². The molecule has 0 amide bonds. The van der Waals surface area contributed by atoms with Gasteiger partial charge in [-0.2, -0.15) is 0 Å². The van der Waals surface area contributed by atoms with Crippen LogP contribution in [-0.2, 0) is 0 Å². The van der Waals surface area contributed by atoms with Crippen molar-refractivity contribution in [1.82, 2.24) is 15.1 Å². The van der Waals surface area contributed by atoms with Gasteiger partial charge < -0.3 is 31.2 Å². The molecular weight excluding hydrogens is 368 g/mol. The number of phenolic OH excluding ortho intramolecular Hbond substituents is 1. The number of rotatable bonds is 6. The first-order valence-corrected chi connectivity index (χ1v) is 9.81. The summed E-state index contributed by atoms with van der Waals surface area (Å²) < 4.78 is 0. The smallest absolute Gasteiger partial charge is 0.151 e. The van der Waals surface area contributed by atoms with Crippen LogP contribution in [0.2, 0.25) is 0 Å². The summed E-state index contributed by atoms with van der Waals surface area (Å²) in [7, 11) is 0. The van der Waals surface area contributed by atoms with Crippen molar-refractivity contribution in [2.24, 2.45) is 17.6 Å². The molecule has 8 heteroatoms. The number of benzene rings is 1. The molecule has 2 aliphatic rings. The number of hydrogen-bond acceptors (Lipinski definition) is 8. The number of aliphatic hydroxyl groups excluding tert-OH is 1. The van der Waals surface area contributed by atoms with Crippen LogP contribution in [0, 0.1) is 17.2 Å². The Morgan fingerprint density at radius 2 is 1.90 bits per heavy atom. The topological polar surface area (TPSA) is 123 Å². The highest BCUT2D eigenvalue weighted by atomic mass is 16.3. The normalized spacial score (nSPS) is 22.1. The zero-order chi connectivity index (χ0) is 20.4. The van der Waals surface area contributed by atoms with Gasteiger partial charge in [0.1, 0.15) is 5.75 Å². The summed E-state index contributed by atoms with van der Waals surface area (Å²) in [6.45, 7) is 4.95. The van der Waals surface area contributed by atoms with E-state index in [1.165, 1.54) is 6.20 Å². The van der Waals surface area contributed by atoms with Crippen molar-refractivity contribution >= 4 is 17.6 Å². The Morgan fingerprint density at radius 1 is 1.14 bits per heavy atom. The SMILES string of the molecule is N=C/C(=C\N)c1ccc(-c2ccc(N3CC4CN(CCO)CC4C3)nn2)c(O)c1. The van der Waals surface area contributed by atoms with Gasteiger partial charge in [0, 0.05) is 56.3 Å². The number of likely N-dealkylation sites (tertiary alicyclic amines) is 1. The lowest BCUT2D eigenvalue weighted by Gasteiger charge is -2.21. The molecule has 5 N–H and O–H groups in total. The van der Waals surface area contributed by atoms with E-state index in [0.717, 1.165) is 44.8 Å². The second kappa shape index (κ2) is 8.18. The molecule has 2 unspecified atom stereocenters. The number of anilines is 1. The van der Waals surface area contributed by atoms with Crippen LogP contribution in [-0.4, -0.2) is 70.9 Å². The molecule has 2 saturated heterocycles. The number of allylic oxidation sites excluding steroid dienone is 1. The van der Waals surface area contributed by atoms with E-state index in [4.69, 9.17) is 16.2 Å². The first-order valence-electron chi connectivity index (χ1n) is 9.81. The molecule has 152 valence electrons. The lowest BCUT2D eigenvalue weighted by Crippen LogP contribution is -2.31. The van der Waals surface area contributed by atoms with Gasteiger partial charge in [-0.25, -0.2) is 0 Å². The summed E-state index contributed by atoms with van der Waals surface area (Å²) in [5.41, 5.74) is 7.90. The average Bonchev–Trinajstić information content (AvgIpc) is 3.28. The van der Waals surface area contributed by atoms with Crippen LogP contribution in [0.25, 0.3) is 16.8 Å². The Kier molecular flexibility index (Phi) is 5.46. The van der Waals surface area contributed by atoms with E-state index >= 15 is 0 Å². The number of aromatic nitrogens is 2. The Balaban J connectivity index is 1.46. The van der Waals surface area contributed by atoms with E-state index in [1.54, 1.807) is 18.2 Å². The number of phenols is 1. The number of aromatic hydroxyl groups is 1. The van der Waals surface area contributed by atoms with Crippen LogP contribution in [0.3, 0.4) is 0 Å². The second-order valence-corrected chi connectivity index (χ2v) is 7.68. The summed E-state index contributed by atoms with van der Waals surface area (Å²) in [6.07, 6.45) is 2.49. The number of nitrogens with zero attached hydrogens (tertiary/aromatic N) is 4. The summed E-state index contributed by atoms with van der Waals surface area (Å²) in [5, 5.41) is 35.6. The fourth-order valence-corrected chi connectivity index (χ4v) is 4.39. The number of β-amino-alcohol motifs (C(OH)–C–C–N with tert-alkyl or cyclic N) is 1. The third-order valence-electron chi connectivity index (χ3n) is 5.89. The second-order valence-electron chi connectivity index (χ2n) is 7.68. The highest BCUT2D eigenvalue weighted by Crippen LogP contribution is 2.34. The van der Waals surface area contributed by atoms with Crippen LogP contribution in [0.15, 0.2) is 36.5 Å². The quantitative estimate of drug-likeness (QED) is 0.542. The van der Waals surface area contributed by atoms with Crippen molar-refractivity contribution in [3.05, 3.63) is 42.1 Å². The Hall–Kier alpha value is -2.97. The molecule has 29 heavy (non-hydrogen) atoms. The van der Waals surface area contributed by atoms with Crippen molar-refractivity contribution in [1.29, 1.82) is 5.41 Å². The summed E-state index contributed by atoms with van der Waals surface area (Å²) >= 11 is 0. The largest absolute Gasteiger partial charge is 0.507 e. The zero-order valence-corrected chi connectivity index (χ0v) is 16.2. The van der Waals surface area contributed by atoms with Crippen LogP contribution in [0.4, 0.5) is 5.82 Å². The Labute approximate surface area is 169 Å². The summed E-state index contributed by atoms with van der Waals surface area (Å²) in [4.78, 5) is 4.60. The van der Waals surface area contributed by atoms with Gasteiger partial charge in [0.05, 0.1) is 12.3 Å². The Morgan fingerprint density at radius 3 is 2.45 bits per heavy atom. The number of aliphatic hydroxyl groups is 1. The molecule has 0 spiro atoms. The number of nitrogens with one attached hydrogen (secondary N) is 1. The van der Waals surface area contributed by atoms with E-state index in [0.29, 0.717) is 34.2 Å². The number of nitrogens with two attached hydrogens (primary N) is 1. The lowest BCUT2D eigenvalue weighted by atomic mass is 10.0. The molecule has 0 bridgehead atoms. The standard InChI is InChI=1S/C21H26N6O2/c22-8-15(9-23)14-1-2-18(20(29)7-14)19-3-4-21(25-24-19)27-12-16-10-26(5-6-28)11-17(16)13-27/h1-4,7-9,16-17,22,28-29H,5-6,10-13,23H2/b15-9+,22-8?. The molecular formula is C21H26N6O2. The first-order chi connectivity index (χ1) is 14.1. The third-order valence-corrected chi connectivity index (χ3v) is 5.89. The highest BCUT2D eigenvalue weighted by molar-refractivity contribution is 6.08. The minimum absolute atomic E-state index is 0.0745. The number of hydrogen-bond donors (Lipinski definition) is 4. The lowest BCUT2D eigenvalue weighted by molar-refractivity contribution is 0.214. The maximum atomic E-state index is 10.4. The van der Waals surface area contributed by atoms with Crippen LogP contribution in [0.5, 0.6) is 5.75 Å². The number of fused-ring (bicyclic) bond motifs is 1. The maximum Gasteiger partial charge on any atom is 0.151 e. The molecule has 8 nitrogen and oxygen atoms in total. The van der Waals surface area contributed by atoms with Crippen LogP contribution < -0.4 is 10.6 Å². The van der Waals surface area contributed by atoms with E-state index in [9.17, 15) is 5.11 Å². The van der Waals surface area contributed by atoms with Gasteiger partial charge in [-0.05, 0) is 41.7 Å². The van der Waals surface area contributed by atoms with Gasteiger partial charge in [0.25, 0.3) is 0 Å². The first kappa shape index (κ1) is 19.4. The molecule has 2 fully saturated rings. The van der Waals surface area contributed by atoms with Crippen molar-refractivity contribution in [2.45, 2.75) is 0 Å². The predicted octanol–water partition coefficient (Wildman–Crippen LogP) is 1.16. The van der Waals surface area contributed by atoms with Gasteiger partial charge in [-0.3, -0.25) is 0 Å². The van der Waals surface area contributed by atoms with Gasteiger partial charge >= 0.3 is 0 Å². The van der Waals surface area contributed by atoms with Crippen LogP contribution >= 0.6 is 0 Å². The maximum absolute atomic E-state index is 10.4. The third kappa shape index (κ3) is 3.81. The molecule has 0 radical (unpaired) electrons. The van der Waals surface area contributed by atoms with E-state index in [1.807, 2.05) is 12.1 Å². The zero-order valence-electron chi connectivity index (χ0n) is 16.2. The summed E-state index contributed by atoms with van der Waals surface area (Å²) in [6, 6.07) is 8.96.